The second-order valence-corrected chi connectivity index (χ2v) is 7.89. The van der Waals surface area contributed by atoms with Crippen molar-refractivity contribution in [1.82, 2.24) is 0 Å². The molecule has 0 unspecified atom stereocenters. The highest BCUT2D eigenvalue weighted by Crippen LogP contribution is 2.45. The Morgan fingerprint density at radius 3 is 2.28 bits per heavy atom. The van der Waals surface area contributed by atoms with Crippen LogP contribution in [0.15, 0.2) is 54.6 Å². The average Bonchev–Trinajstić information content (AvgIpc) is 3.10. The predicted molar refractivity (Wildman–Crippen MR) is 120 cm³/mol. The second kappa shape index (κ2) is 10.8. The SMILES string of the molecule is O=C(O)COc1c(C(=O)O)sc(-c2ccc(NC(=O)COCc3ccccc3)cc2)c1Cl. The van der Waals surface area contributed by atoms with Gasteiger partial charge < -0.3 is 25.0 Å². The van der Waals surface area contributed by atoms with Crippen LogP contribution in [0.3, 0.4) is 0 Å². The third-order valence-corrected chi connectivity index (χ3v) is 5.80. The van der Waals surface area contributed by atoms with E-state index in [1.54, 1.807) is 24.3 Å². The number of carbonyl (C=O) groups is 3. The first-order valence-electron chi connectivity index (χ1n) is 9.27. The molecular formula is C22H18ClNO7S. The summed E-state index contributed by atoms with van der Waals surface area (Å²) in [5.41, 5.74) is 2.08. The van der Waals surface area contributed by atoms with Crippen molar-refractivity contribution in [3.05, 3.63) is 70.1 Å². The van der Waals surface area contributed by atoms with Crippen LogP contribution in [0.5, 0.6) is 5.75 Å². The molecule has 3 aromatic rings. The lowest BCUT2D eigenvalue weighted by Crippen LogP contribution is -2.18. The Hall–Kier alpha value is -3.40. The Balaban J connectivity index is 1.64. The standard InChI is InChI=1S/C22H18ClNO7S/c23-18-19(31-12-17(26)27)21(22(28)29)32-20(18)14-6-8-15(9-7-14)24-16(25)11-30-10-13-4-2-1-3-5-13/h1-9H,10-12H2,(H,24,25)(H,26,27)(H,28,29). The van der Waals surface area contributed by atoms with E-state index in [2.05, 4.69) is 5.32 Å². The minimum absolute atomic E-state index is 0.0137. The monoisotopic (exact) mass is 475 g/mol. The van der Waals surface area contributed by atoms with E-state index in [0.29, 0.717) is 22.7 Å². The third-order valence-electron chi connectivity index (χ3n) is 4.12. The first-order valence-corrected chi connectivity index (χ1v) is 10.5. The summed E-state index contributed by atoms with van der Waals surface area (Å²) >= 11 is 7.14. The average molecular weight is 476 g/mol. The van der Waals surface area contributed by atoms with Gasteiger partial charge in [0.1, 0.15) is 11.6 Å². The van der Waals surface area contributed by atoms with E-state index in [1.165, 1.54) is 0 Å². The number of aromatic carboxylic acids is 1. The van der Waals surface area contributed by atoms with Crippen molar-refractivity contribution in [3.63, 3.8) is 0 Å². The lowest BCUT2D eigenvalue weighted by Gasteiger charge is -2.07. The fraction of sp³-hybridized carbons (Fsp3) is 0.136. The molecule has 1 aromatic heterocycles. The normalized spacial score (nSPS) is 10.5. The fourth-order valence-electron chi connectivity index (χ4n) is 2.72. The van der Waals surface area contributed by atoms with Gasteiger partial charge in [0.15, 0.2) is 17.2 Å². The number of amides is 1. The van der Waals surface area contributed by atoms with Gasteiger partial charge in [0, 0.05) is 5.69 Å². The topological polar surface area (TPSA) is 122 Å². The molecule has 0 saturated heterocycles. The number of rotatable bonds is 10. The van der Waals surface area contributed by atoms with Gasteiger partial charge in [-0.3, -0.25) is 4.79 Å². The number of benzene rings is 2. The summed E-state index contributed by atoms with van der Waals surface area (Å²) in [4.78, 5) is 34.5. The Kier molecular flexibility index (Phi) is 7.82. The molecule has 10 heteroatoms. The van der Waals surface area contributed by atoms with Crippen molar-refractivity contribution >= 4 is 46.5 Å². The number of anilines is 1. The van der Waals surface area contributed by atoms with Crippen LogP contribution >= 0.6 is 22.9 Å². The number of carboxylic acids is 2. The van der Waals surface area contributed by atoms with Crippen molar-refractivity contribution in [1.29, 1.82) is 0 Å². The molecule has 166 valence electrons. The largest absolute Gasteiger partial charge is 0.479 e. The highest BCUT2D eigenvalue weighted by molar-refractivity contribution is 7.18. The lowest BCUT2D eigenvalue weighted by atomic mass is 10.1. The van der Waals surface area contributed by atoms with Crippen LogP contribution in [0.25, 0.3) is 10.4 Å². The van der Waals surface area contributed by atoms with E-state index in [-0.39, 0.29) is 28.2 Å². The first kappa shape index (κ1) is 23.3. The van der Waals surface area contributed by atoms with Gasteiger partial charge in [-0.25, -0.2) is 9.59 Å². The van der Waals surface area contributed by atoms with Crippen LogP contribution in [0.2, 0.25) is 5.02 Å². The number of hydrogen-bond acceptors (Lipinski definition) is 6. The van der Waals surface area contributed by atoms with Gasteiger partial charge >= 0.3 is 11.9 Å². The lowest BCUT2D eigenvalue weighted by molar-refractivity contribution is -0.139. The molecule has 0 radical (unpaired) electrons. The number of nitrogens with one attached hydrogen (secondary N) is 1. The molecule has 8 nitrogen and oxygen atoms in total. The van der Waals surface area contributed by atoms with Crippen LogP contribution in [0.4, 0.5) is 5.69 Å². The smallest absolute Gasteiger partial charge is 0.349 e. The van der Waals surface area contributed by atoms with E-state index in [1.807, 2.05) is 30.3 Å². The highest BCUT2D eigenvalue weighted by Gasteiger charge is 2.24. The summed E-state index contributed by atoms with van der Waals surface area (Å²) in [6.45, 7) is -0.505. The zero-order valence-corrected chi connectivity index (χ0v) is 18.1. The molecule has 0 aliphatic rings. The molecule has 0 aliphatic heterocycles. The van der Waals surface area contributed by atoms with Crippen molar-refractivity contribution < 1.29 is 34.1 Å². The number of aliphatic carboxylic acids is 1. The van der Waals surface area contributed by atoms with Crippen LogP contribution in [-0.2, 0) is 20.9 Å². The highest BCUT2D eigenvalue weighted by atomic mass is 35.5. The van der Waals surface area contributed by atoms with E-state index < -0.39 is 18.5 Å². The molecule has 0 bridgehead atoms. The van der Waals surface area contributed by atoms with Crippen LogP contribution in [0.1, 0.15) is 15.2 Å². The number of hydrogen-bond donors (Lipinski definition) is 3. The number of ether oxygens (including phenoxy) is 2. The summed E-state index contributed by atoms with van der Waals surface area (Å²) in [5.74, 6) is -3.03. The fourth-order valence-corrected chi connectivity index (χ4v) is 4.13. The zero-order valence-electron chi connectivity index (χ0n) is 16.5. The Morgan fingerprint density at radius 1 is 0.969 bits per heavy atom. The minimum Gasteiger partial charge on any atom is -0.479 e. The van der Waals surface area contributed by atoms with Crippen molar-refractivity contribution in [2.24, 2.45) is 0 Å². The van der Waals surface area contributed by atoms with E-state index >= 15 is 0 Å². The summed E-state index contributed by atoms with van der Waals surface area (Å²) in [6, 6.07) is 16.1. The van der Waals surface area contributed by atoms with E-state index in [0.717, 1.165) is 16.9 Å². The number of halogens is 1. The molecule has 1 heterocycles. The summed E-state index contributed by atoms with van der Waals surface area (Å²) in [5, 5.41) is 20.9. The van der Waals surface area contributed by atoms with Gasteiger partial charge in [-0.2, -0.15) is 0 Å². The Labute approximate surface area is 192 Å². The first-order chi connectivity index (χ1) is 15.3. The third kappa shape index (κ3) is 6.07. The van der Waals surface area contributed by atoms with Gasteiger partial charge in [0.25, 0.3) is 0 Å². The zero-order chi connectivity index (χ0) is 23.1. The Bertz CT molecular complexity index is 1110. The summed E-state index contributed by atoms with van der Waals surface area (Å²) in [6.07, 6.45) is 0. The van der Waals surface area contributed by atoms with E-state index in [9.17, 15) is 19.5 Å². The van der Waals surface area contributed by atoms with Crippen molar-refractivity contribution in [2.45, 2.75) is 6.61 Å². The minimum atomic E-state index is -1.28. The Morgan fingerprint density at radius 2 is 1.66 bits per heavy atom. The molecule has 0 atom stereocenters. The number of thiophene rings is 1. The molecule has 0 fully saturated rings. The van der Waals surface area contributed by atoms with Gasteiger partial charge in [-0.05, 0) is 23.3 Å². The van der Waals surface area contributed by atoms with Crippen LogP contribution < -0.4 is 10.1 Å². The molecule has 3 N–H and O–H groups in total. The maximum Gasteiger partial charge on any atom is 0.349 e. The molecule has 3 rings (SSSR count). The molecule has 32 heavy (non-hydrogen) atoms. The summed E-state index contributed by atoms with van der Waals surface area (Å²) in [7, 11) is 0. The molecule has 0 spiro atoms. The molecule has 0 saturated carbocycles. The summed E-state index contributed by atoms with van der Waals surface area (Å²) < 4.78 is 10.5. The second-order valence-electron chi connectivity index (χ2n) is 6.49. The quantitative estimate of drug-likeness (QED) is 0.397. The maximum atomic E-state index is 12.1. The van der Waals surface area contributed by atoms with Crippen molar-refractivity contribution in [2.75, 3.05) is 18.5 Å². The molecule has 2 aromatic carbocycles. The van der Waals surface area contributed by atoms with Crippen LogP contribution in [0, 0.1) is 0 Å². The maximum absolute atomic E-state index is 12.1. The predicted octanol–water partition coefficient (Wildman–Crippen LogP) is 4.39. The molecule has 0 aliphatic carbocycles. The van der Waals surface area contributed by atoms with Gasteiger partial charge in [-0.1, -0.05) is 54.1 Å². The number of carbonyl (C=O) groups excluding carboxylic acids is 1. The molecule has 1 amide bonds. The van der Waals surface area contributed by atoms with Crippen molar-refractivity contribution in [3.8, 4) is 16.2 Å². The number of carboxylic acid groups (broad SMARTS) is 2. The van der Waals surface area contributed by atoms with Gasteiger partial charge in [-0.15, -0.1) is 11.3 Å². The van der Waals surface area contributed by atoms with E-state index in [4.69, 9.17) is 26.2 Å². The molecular weight excluding hydrogens is 458 g/mol. The van der Waals surface area contributed by atoms with Gasteiger partial charge in [0.05, 0.1) is 11.5 Å². The van der Waals surface area contributed by atoms with Gasteiger partial charge in [0.2, 0.25) is 5.91 Å². The van der Waals surface area contributed by atoms with Crippen LogP contribution in [-0.4, -0.2) is 41.3 Å².